The predicted octanol–water partition coefficient (Wildman–Crippen LogP) is 7.77. The van der Waals surface area contributed by atoms with Gasteiger partial charge in [-0.15, -0.1) is 11.8 Å². The van der Waals surface area contributed by atoms with Crippen LogP contribution in [0.25, 0.3) is 11.8 Å². The van der Waals surface area contributed by atoms with Gasteiger partial charge in [-0.05, 0) is 88.3 Å². The highest BCUT2D eigenvalue weighted by atomic mass is 79.9. The molecule has 0 fully saturated rings. The smallest absolute Gasteiger partial charge is 0.338 e. The summed E-state index contributed by atoms with van der Waals surface area (Å²) >= 11 is 9.99. The van der Waals surface area contributed by atoms with E-state index in [-0.39, 0.29) is 12.2 Å². The molecule has 0 amide bonds. The Kier molecular flexibility index (Phi) is 10.7. The summed E-state index contributed by atoms with van der Waals surface area (Å²) in [6.07, 6.45) is 3.81. The molecule has 1 aromatic heterocycles. The van der Waals surface area contributed by atoms with E-state index < -0.39 is 12.0 Å². The van der Waals surface area contributed by atoms with E-state index in [2.05, 4.69) is 31.9 Å². The lowest BCUT2D eigenvalue weighted by Crippen LogP contribution is -2.40. The number of rotatable bonds is 10. The first kappa shape index (κ1) is 34.0. The molecule has 0 saturated heterocycles. The van der Waals surface area contributed by atoms with Crippen molar-refractivity contribution in [3.8, 4) is 11.5 Å². The van der Waals surface area contributed by atoms with Crippen molar-refractivity contribution in [2.45, 2.75) is 24.5 Å². The number of esters is 1. The summed E-state index contributed by atoms with van der Waals surface area (Å²) in [6.45, 7) is 2.30. The molecule has 0 spiro atoms. The van der Waals surface area contributed by atoms with Crippen molar-refractivity contribution >= 4 is 72.7 Å². The highest BCUT2D eigenvalue weighted by Crippen LogP contribution is 2.38. The van der Waals surface area contributed by atoms with E-state index in [0.717, 1.165) is 31.6 Å². The Morgan fingerprint density at radius 2 is 1.75 bits per heavy atom. The van der Waals surface area contributed by atoms with Crippen LogP contribution in [0.3, 0.4) is 0 Å². The Morgan fingerprint density at radius 3 is 2.42 bits per heavy atom. The van der Waals surface area contributed by atoms with Gasteiger partial charge < -0.3 is 14.2 Å². The van der Waals surface area contributed by atoms with Crippen LogP contribution >= 0.6 is 55.0 Å². The van der Waals surface area contributed by atoms with Gasteiger partial charge in [0.25, 0.3) is 5.56 Å². The third kappa shape index (κ3) is 7.10. The molecule has 0 saturated carbocycles. The fourth-order valence-electron chi connectivity index (χ4n) is 5.39. The number of hydrogen-bond donors (Lipinski definition) is 0. The van der Waals surface area contributed by atoms with Gasteiger partial charge in [0.05, 0.1) is 40.0 Å². The number of halogens is 2. The van der Waals surface area contributed by atoms with E-state index in [1.165, 1.54) is 11.3 Å². The average Bonchev–Trinajstić information content (AvgIpc) is 3.41. The number of nitrogens with zero attached hydrogens (tertiary/aromatic N) is 2. The minimum Gasteiger partial charge on any atom is -0.493 e. The molecule has 11 heteroatoms. The molecule has 0 bridgehead atoms. The fourth-order valence-corrected chi connectivity index (χ4v) is 7.64. The fraction of sp³-hybridized carbons (Fsp3) is 0.162. The first-order chi connectivity index (χ1) is 23.3. The van der Waals surface area contributed by atoms with Crippen molar-refractivity contribution in [3.05, 3.63) is 147 Å². The summed E-state index contributed by atoms with van der Waals surface area (Å²) in [6, 6.07) is 28.3. The van der Waals surface area contributed by atoms with Crippen LogP contribution in [0.2, 0.25) is 0 Å². The quantitative estimate of drug-likeness (QED) is 0.106. The molecule has 1 aliphatic rings. The second-order valence-electron chi connectivity index (χ2n) is 10.7. The van der Waals surface area contributed by atoms with Crippen LogP contribution in [0, 0.1) is 0 Å². The summed E-state index contributed by atoms with van der Waals surface area (Å²) in [5.41, 5.74) is 3.81. The van der Waals surface area contributed by atoms with Crippen LogP contribution in [0.4, 0.5) is 0 Å². The number of methoxy groups -OCH3 is 1. The normalized spacial score (nSPS) is 14.4. The molecule has 0 unspecified atom stereocenters. The van der Waals surface area contributed by atoms with Crippen molar-refractivity contribution in [2.75, 3.05) is 20.0 Å². The average molecular weight is 807 g/mol. The van der Waals surface area contributed by atoms with E-state index in [1.54, 1.807) is 36.4 Å². The largest absolute Gasteiger partial charge is 0.493 e. The van der Waals surface area contributed by atoms with Crippen molar-refractivity contribution in [3.63, 3.8) is 0 Å². The van der Waals surface area contributed by atoms with Gasteiger partial charge in [0, 0.05) is 14.9 Å². The first-order valence-electron chi connectivity index (χ1n) is 15.0. The molecule has 1 atom stereocenters. The van der Waals surface area contributed by atoms with E-state index in [0.29, 0.717) is 43.2 Å². The van der Waals surface area contributed by atoms with Crippen molar-refractivity contribution in [2.24, 2.45) is 4.99 Å². The van der Waals surface area contributed by atoms with Gasteiger partial charge in [-0.25, -0.2) is 9.79 Å². The number of carbonyl (C=O) groups excluding carboxylic acids is 1. The molecule has 4 aromatic carbocycles. The standard InChI is InChI=1S/C37H30Br2N2O5S2/c1-4-45-36(43)31-32(24-8-6-5-7-9-24)40-37-41(33(31)25-12-16-27(47-3)17-13-25)35(42)30(48-37)20-23-18-28(39)34(29(19-23)44-2)46-21-22-10-14-26(38)15-11-22/h5-20,33H,4,21H2,1-3H3/b30-20-/t33-/m1/s1. The molecular formula is C37H30Br2N2O5S2. The molecule has 1 aliphatic heterocycles. The van der Waals surface area contributed by atoms with E-state index in [1.807, 2.05) is 97.3 Å². The number of fused-ring (bicyclic) bond motifs is 1. The third-order valence-corrected chi connectivity index (χ3v) is 10.5. The molecular weight excluding hydrogens is 776 g/mol. The van der Waals surface area contributed by atoms with Gasteiger partial charge >= 0.3 is 5.97 Å². The number of carbonyl (C=O) groups is 1. The maximum atomic E-state index is 14.3. The summed E-state index contributed by atoms with van der Waals surface area (Å²) < 4.78 is 21.1. The molecule has 0 aliphatic carbocycles. The van der Waals surface area contributed by atoms with E-state index in [4.69, 9.17) is 19.2 Å². The zero-order valence-corrected chi connectivity index (χ0v) is 31.0. The maximum Gasteiger partial charge on any atom is 0.338 e. The molecule has 2 heterocycles. The number of ether oxygens (including phenoxy) is 3. The monoisotopic (exact) mass is 804 g/mol. The van der Waals surface area contributed by atoms with Crippen molar-refractivity contribution < 1.29 is 19.0 Å². The van der Waals surface area contributed by atoms with Crippen LogP contribution in [-0.4, -0.2) is 30.5 Å². The lowest BCUT2D eigenvalue weighted by Gasteiger charge is -2.26. The molecule has 6 rings (SSSR count). The predicted molar refractivity (Wildman–Crippen MR) is 198 cm³/mol. The van der Waals surface area contributed by atoms with Crippen LogP contribution in [0.5, 0.6) is 11.5 Å². The van der Waals surface area contributed by atoms with Gasteiger partial charge in [-0.1, -0.05) is 81.9 Å². The highest BCUT2D eigenvalue weighted by molar-refractivity contribution is 9.10. The Labute approximate surface area is 302 Å². The minimum atomic E-state index is -0.746. The molecule has 7 nitrogen and oxygen atoms in total. The van der Waals surface area contributed by atoms with Crippen LogP contribution < -0.4 is 24.4 Å². The van der Waals surface area contributed by atoms with Crippen molar-refractivity contribution in [1.82, 2.24) is 4.57 Å². The summed E-state index contributed by atoms with van der Waals surface area (Å²) in [7, 11) is 1.58. The number of hydrogen-bond acceptors (Lipinski definition) is 8. The van der Waals surface area contributed by atoms with Gasteiger partial charge in [0.1, 0.15) is 6.61 Å². The van der Waals surface area contributed by atoms with Crippen LogP contribution in [0.1, 0.15) is 35.2 Å². The van der Waals surface area contributed by atoms with Crippen LogP contribution in [-0.2, 0) is 16.1 Å². The Hall–Kier alpha value is -3.90. The summed E-state index contributed by atoms with van der Waals surface area (Å²) in [5, 5.41) is 0. The second kappa shape index (κ2) is 15.1. The molecule has 0 N–H and O–H groups in total. The van der Waals surface area contributed by atoms with E-state index >= 15 is 0 Å². The number of thioether (sulfide) groups is 1. The van der Waals surface area contributed by atoms with Crippen molar-refractivity contribution in [1.29, 1.82) is 0 Å². The zero-order valence-electron chi connectivity index (χ0n) is 26.2. The van der Waals surface area contributed by atoms with Gasteiger partial charge in [0.15, 0.2) is 16.3 Å². The third-order valence-electron chi connectivity index (χ3n) is 7.65. The lowest BCUT2D eigenvalue weighted by atomic mass is 9.93. The Balaban J connectivity index is 1.49. The number of benzene rings is 4. The Morgan fingerprint density at radius 1 is 1.02 bits per heavy atom. The SMILES string of the molecule is CCOC(=O)C1=C(c2ccccc2)N=c2s/c(=C\c3cc(Br)c(OCc4ccc(Br)cc4)c(OC)c3)c(=O)n2[C@@H]1c1ccc(SC)cc1. The molecule has 5 aromatic rings. The van der Waals surface area contributed by atoms with Gasteiger partial charge in [0.2, 0.25) is 0 Å². The highest BCUT2D eigenvalue weighted by Gasteiger charge is 2.35. The maximum absolute atomic E-state index is 14.3. The molecule has 0 radical (unpaired) electrons. The zero-order chi connectivity index (χ0) is 33.8. The second-order valence-corrected chi connectivity index (χ2v) is 14.3. The molecule has 244 valence electrons. The van der Waals surface area contributed by atoms with Gasteiger partial charge in [-0.3, -0.25) is 9.36 Å². The van der Waals surface area contributed by atoms with Gasteiger partial charge in [-0.2, -0.15) is 0 Å². The minimum absolute atomic E-state index is 0.187. The summed E-state index contributed by atoms with van der Waals surface area (Å²) in [4.78, 5) is 34.5. The number of aromatic nitrogens is 1. The summed E-state index contributed by atoms with van der Waals surface area (Å²) in [5.74, 6) is 0.559. The van der Waals surface area contributed by atoms with E-state index in [9.17, 15) is 9.59 Å². The molecule has 48 heavy (non-hydrogen) atoms. The van der Waals surface area contributed by atoms with Crippen LogP contribution in [0.15, 0.2) is 120 Å². The Bertz CT molecular complexity index is 2180. The topological polar surface area (TPSA) is 79.1 Å². The first-order valence-corrected chi connectivity index (χ1v) is 18.6. The lowest BCUT2D eigenvalue weighted by molar-refractivity contribution is -0.138. The number of thiazole rings is 1.